The number of benzene rings is 6. The Balaban J connectivity index is 1.61. The molecule has 1 aliphatic rings. The fourth-order valence-electron chi connectivity index (χ4n) is 8.20. The third-order valence-electron chi connectivity index (χ3n) is 10.7. The molecule has 0 bridgehead atoms. The van der Waals surface area contributed by atoms with E-state index in [1.165, 1.54) is 55.2 Å². The average molecular weight is 616 g/mol. The summed E-state index contributed by atoms with van der Waals surface area (Å²) in [7, 11) is 0. The van der Waals surface area contributed by atoms with Crippen LogP contribution in [-0.2, 0) is 0 Å². The molecule has 236 valence electrons. The van der Waals surface area contributed by atoms with Gasteiger partial charge in [0.2, 0.25) is 6.34 Å². The molecule has 47 heavy (non-hydrogen) atoms. The Morgan fingerprint density at radius 1 is 0.511 bits per heavy atom. The lowest BCUT2D eigenvalue weighted by Gasteiger charge is -2.28. The van der Waals surface area contributed by atoms with E-state index in [1.54, 1.807) is 0 Å². The van der Waals surface area contributed by atoms with Crippen LogP contribution in [0.2, 0.25) is 0 Å². The van der Waals surface area contributed by atoms with E-state index in [1.807, 2.05) is 0 Å². The summed E-state index contributed by atoms with van der Waals surface area (Å²) in [4.78, 5) is 2.65. The Labute approximate surface area is 281 Å². The van der Waals surface area contributed by atoms with Gasteiger partial charge in [0, 0.05) is 33.0 Å². The first kappa shape index (κ1) is 30.9. The van der Waals surface area contributed by atoms with E-state index >= 15 is 0 Å². The summed E-state index contributed by atoms with van der Waals surface area (Å²) < 4.78 is 2.65. The van der Waals surface area contributed by atoms with Crippen molar-refractivity contribution in [2.75, 3.05) is 4.90 Å². The van der Waals surface area contributed by atoms with Crippen molar-refractivity contribution in [1.82, 2.24) is 0 Å². The molecule has 2 heteroatoms. The van der Waals surface area contributed by atoms with Crippen LogP contribution < -0.4 is 4.90 Å². The molecule has 2 atom stereocenters. The number of rotatable bonds is 10. The lowest BCUT2D eigenvalue weighted by molar-refractivity contribution is -0.480. The largest absolute Gasteiger partial charge is 0.245 e. The molecule has 0 aromatic heterocycles. The molecule has 0 aliphatic carbocycles. The highest BCUT2D eigenvalue weighted by atomic mass is 15.3. The van der Waals surface area contributed by atoms with Crippen LogP contribution in [-0.4, -0.2) is 10.9 Å². The highest BCUT2D eigenvalue weighted by molar-refractivity contribution is 6.02. The zero-order valence-electron chi connectivity index (χ0n) is 28.3. The van der Waals surface area contributed by atoms with Crippen LogP contribution in [0.15, 0.2) is 133 Å². The van der Waals surface area contributed by atoms with Gasteiger partial charge >= 0.3 is 0 Å². The molecular weight excluding hydrogens is 569 g/mol. The highest BCUT2D eigenvalue weighted by Crippen LogP contribution is 2.51. The van der Waals surface area contributed by atoms with E-state index in [2.05, 4.69) is 177 Å². The first-order chi connectivity index (χ1) is 23.2. The zero-order valence-corrected chi connectivity index (χ0v) is 28.3. The van der Waals surface area contributed by atoms with E-state index in [0.717, 1.165) is 25.7 Å². The molecule has 6 aromatic rings. The van der Waals surface area contributed by atoms with E-state index in [0.29, 0.717) is 11.8 Å². The van der Waals surface area contributed by atoms with Gasteiger partial charge in [-0.25, -0.2) is 9.48 Å². The van der Waals surface area contributed by atoms with Crippen molar-refractivity contribution in [2.24, 2.45) is 0 Å². The monoisotopic (exact) mass is 615 g/mol. The van der Waals surface area contributed by atoms with Gasteiger partial charge in [0.15, 0.2) is 12.1 Å². The van der Waals surface area contributed by atoms with Crippen LogP contribution in [0.3, 0.4) is 0 Å². The van der Waals surface area contributed by atoms with E-state index in [4.69, 9.17) is 0 Å². The molecule has 1 heterocycles. The Hall–Kier alpha value is -4.69. The number of hydrogen-bond donors (Lipinski definition) is 0. The molecule has 0 amide bonds. The molecule has 0 saturated carbocycles. The molecule has 0 saturated heterocycles. The maximum atomic E-state index is 2.65. The van der Waals surface area contributed by atoms with Crippen molar-refractivity contribution in [3.8, 4) is 0 Å². The minimum Gasteiger partial charge on any atom is -0.221 e. The molecule has 1 aliphatic heterocycles. The summed E-state index contributed by atoms with van der Waals surface area (Å²) in [6.07, 6.45) is 6.93. The van der Waals surface area contributed by atoms with Gasteiger partial charge in [-0.1, -0.05) is 161 Å². The lowest BCUT2D eigenvalue weighted by atomic mass is 9.86. The van der Waals surface area contributed by atoms with E-state index < -0.39 is 0 Å². The molecule has 2 nitrogen and oxygen atoms in total. The molecule has 0 unspecified atom stereocenters. The molecule has 0 fully saturated rings. The minimum atomic E-state index is 0.0611. The Morgan fingerprint density at radius 2 is 1.00 bits per heavy atom. The van der Waals surface area contributed by atoms with Gasteiger partial charge in [-0.05, 0) is 48.3 Å². The van der Waals surface area contributed by atoms with Gasteiger partial charge in [-0.15, -0.1) is 0 Å². The SMILES string of the molecule is CCC(CC)c1ccc2ccccc2c1N1C=[N+](c2c(C(CC)CC)ccc3ccccc23)[C@@H](c2ccccc2)[C@@H]1c1ccccc1. The van der Waals surface area contributed by atoms with Gasteiger partial charge in [0.25, 0.3) is 0 Å². The zero-order chi connectivity index (χ0) is 32.3. The van der Waals surface area contributed by atoms with Gasteiger partial charge in [-0.2, -0.15) is 0 Å². The van der Waals surface area contributed by atoms with Crippen LogP contribution in [0.4, 0.5) is 11.4 Å². The Kier molecular flexibility index (Phi) is 8.94. The smallest absolute Gasteiger partial charge is 0.221 e. The fourth-order valence-corrected chi connectivity index (χ4v) is 8.20. The third-order valence-corrected chi connectivity index (χ3v) is 10.7. The number of hydrogen-bond acceptors (Lipinski definition) is 1. The fraction of sp³-hybridized carbons (Fsp3) is 0.267. The summed E-state index contributed by atoms with van der Waals surface area (Å²) in [6.45, 7) is 9.36. The number of anilines is 1. The number of nitrogens with zero attached hydrogens (tertiary/aromatic N) is 2. The van der Waals surface area contributed by atoms with Crippen LogP contribution in [0.5, 0.6) is 0 Å². The van der Waals surface area contributed by atoms with Crippen molar-refractivity contribution in [3.63, 3.8) is 0 Å². The second-order valence-corrected chi connectivity index (χ2v) is 13.1. The second-order valence-electron chi connectivity index (χ2n) is 13.1. The standard InChI is InChI=1S/C45H47N2/c1-5-32(6-2)40-29-27-34-19-15-17-25-38(34)44(40)46-31-47(43(37-23-13-10-14-24-37)42(46)36-21-11-9-12-22-36)45-39-26-18-16-20-35(39)28-30-41(45)33(7-3)8-4/h9-33,42-43H,5-8H2,1-4H3/q+1/t42-,43-/m0/s1. The normalized spacial score (nSPS) is 16.5. The third kappa shape index (κ3) is 5.54. The maximum Gasteiger partial charge on any atom is 0.245 e. The van der Waals surface area contributed by atoms with Crippen molar-refractivity contribution in [2.45, 2.75) is 77.3 Å². The van der Waals surface area contributed by atoms with Crippen molar-refractivity contribution < 1.29 is 4.58 Å². The van der Waals surface area contributed by atoms with Crippen LogP contribution in [0.25, 0.3) is 21.5 Å². The summed E-state index contributed by atoms with van der Waals surface area (Å²) in [5, 5.41) is 5.21. The van der Waals surface area contributed by atoms with Crippen molar-refractivity contribution in [1.29, 1.82) is 0 Å². The van der Waals surface area contributed by atoms with Crippen molar-refractivity contribution in [3.05, 3.63) is 156 Å². The van der Waals surface area contributed by atoms with Gasteiger partial charge in [0.05, 0.1) is 0 Å². The summed E-state index contributed by atoms with van der Waals surface area (Å²) >= 11 is 0. The van der Waals surface area contributed by atoms with Crippen LogP contribution >= 0.6 is 0 Å². The van der Waals surface area contributed by atoms with Crippen LogP contribution in [0.1, 0.15) is 99.6 Å². The molecule has 0 radical (unpaired) electrons. The van der Waals surface area contributed by atoms with Gasteiger partial charge < -0.3 is 0 Å². The highest BCUT2D eigenvalue weighted by Gasteiger charge is 2.48. The minimum absolute atomic E-state index is 0.0611. The Bertz CT molecular complexity index is 2000. The first-order valence-corrected chi connectivity index (χ1v) is 17.7. The summed E-state index contributed by atoms with van der Waals surface area (Å²) in [6, 6.07) is 50.0. The predicted molar refractivity (Wildman–Crippen MR) is 201 cm³/mol. The van der Waals surface area contributed by atoms with Crippen molar-refractivity contribution >= 4 is 39.3 Å². The van der Waals surface area contributed by atoms with E-state index in [-0.39, 0.29) is 12.1 Å². The van der Waals surface area contributed by atoms with Gasteiger partial charge in [0.1, 0.15) is 11.4 Å². The van der Waals surface area contributed by atoms with Gasteiger partial charge in [-0.3, -0.25) is 0 Å². The second kappa shape index (κ2) is 13.6. The number of fused-ring (bicyclic) bond motifs is 2. The summed E-state index contributed by atoms with van der Waals surface area (Å²) in [5.41, 5.74) is 8.23. The average Bonchev–Trinajstić information content (AvgIpc) is 3.52. The molecule has 0 N–H and O–H groups in total. The molecule has 0 spiro atoms. The van der Waals surface area contributed by atoms with E-state index in [9.17, 15) is 0 Å². The molecule has 6 aromatic carbocycles. The molecular formula is C45H47N2+. The van der Waals surface area contributed by atoms with Crippen LogP contribution in [0, 0.1) is 0 Å². The predicted octanol–water partition coefficient (Wildman–Crippen LogP) is 12.5. The quantitative estimate of drug-likeness (QED) is 0.139. The lowest BCUT2D eigenvalue weighted by Crippen LogP contribution is -2.27. The maximum absolute atomic E-state index is 2.65. The Morgan fingerprint density at radius 3 is 1.62 bits per heavy atom. The molecule has 7 rings (SSSR count). The summed E-state index contributed by atoms with van der Waals surface area (Å²) in [5.74, 6) is 0.947. The first-order valence-electron chi connectivity index (χ1n) is 17.7. The topological polar surface area (TPSA) is 6.25 Å².